The third-order valence-electron chi connectivity index (χ3n) is 3.81. The highest BCUT2D eigenvalue weighted by Crippen LogP contribution is 2.21. The molecular formula is C17H26N2O2S. The van der Waals surface area contributed by atoms with Crippen molar-refractivity contribution < 1.29 is 9.59 Å². The lowest BCUT2D eigenvalue weighted by atomic mass is 9.91. The van der Waals surface area contributed by atoms with Gasteiger partial charge in [0.2, 0.25) is 11.8 Å². The Bertz CT molecular complexity index is 497. The van der Waals surface area contributed by atoms with Crippen molar-refractivity contribution >= 4 is 23.2 Å². The zero-order valence-electron chi connectivity index (χ0n) is 13.7. The molecule has 0 saturated carbocycles. The van der Waals surface area contributed by atoms with Crippen molar-refractivity contribution in [3.05, 3.63) is 22.4 Å². The second-order valence-electron chi connectivity index (χ2n) is 7.22. The van der Waals surface area contributed by atoms with E-state index >= 15 is 0 Å². The van der Waals surface area contributed by atoms with E-state index < -0.39 is 0 Å². The number of amides is 2. The minimum atomic E-state index is 0.0306. The molecule has 122 valence electrons. The highest BCUT2D eigenvalue weighted by molar-refractivity contribution is 7.10. The molecule has 0 aromatic carbocycles. The van der Waals surface area contributed by atoms with Gasteiger partial charge in [-0.1, -0.05) is 26.8 Å². The van der Waals surface area contributed by atoms with E-state index in [1.165, 1.54) is 0 Å². The summed E-state index contributed by atoms with van der Waals surface area (Å²) in [6.45, 7) is 7.76. The van der Waals surface area contributed by atoms with Crippen LogP contribution >= 0.6 is 11.3 Å². The molecule has 1 aromatic rings. The molecule has 1 fully saturated rings. The van der Waals surface area contributed by atoms with Crippen LogP contribution in [0.3, 0.4) is 0 Å². The molecule has 1 aromatic heterocycles. The number of nitrogens with zero attached hydrogens (tertiary/aromatic N) is 1. The van der Waals surface area contributed by atoms with Gasteiger partial charge < -0.3 is 10.2 Å². The fraction of sp³-hybridized carbons (Fsp3) is 0.647. The van der Waals surface area contributed by atoms with E-state index in [4.69, 9.17) is 0 Å². The number of piperidine rings is 1. The van der Waals surface area contributed by atoms with Crippen molar-refractivity contribution in [3.63, 3.8) is 0 Å². The van der Waals surface area contributed by atoms with Crippen molar-refractivity contribution in [2.45, 2.75) is 52.5 Å². The summed E-state index contributed by atoms with van der Waals surface area (Å²) < 4.78 is 0. The lowest BCUT2D eigenvalue weighted by Gasteiger charge is -2.34. The van der Waals surface area contributed by atoms with Gasteiger partial charge in [0.05, 0.1) is 6.42 Å². The van der Waals surface area contributed by atoms with Gasteiger partial charge in [-0.15, -0.1) is 11.3 Å². The summed E-state index contributed by atoms with van der Waals surface area (Å²) in [7, 11) is 0. The van der Waals surface area contributed by atoms with Crippen molar-refractivity contribution in [3.8, 4) is 0 Å². The Morgan fingerprint density at radius 1 is 1.32 bits per heavy atom. The topological polar surface area (TPSA) is 49.4 Å². The second-order valence-corrected chi connectivity index (χ2v) is 8.25. The molecule has 2 amide bonds. The SMILES string of the molecule is CC(C)(C)CC(=O)N1CCC(NC(=O)Cc2cccs2)CC1. The highest BCUT2D eigenvalue weighted by Gasteiger charge is 2.26. The Labute approximate surface area is 136 Å². The Kier molecular flexibility index (Phi) is 5.62. The van der Waals surface area contributed by atoms with E-state index in [9.17, 15) is 9.59 Å². The molecule has 2 heterocycles. The van der Waals surface area contributed by atoms with Gasteiger partial charge in [-0.05, 0) is 29.7 Å². The number of rotatable bonds is 4. The van der Waals surface area contributed by atoms with Crippen LogP contribution in [0.1, 0.15) is 44.9 Å². The van der Waals surface area contributed by atoms with Crippen LogP contribution < -0.4 is 5.32 Å². The second kappa shape index (κ2) is 7.27. The monoisotopic (exact) mass is 322 g/mol. The van der Waals surface area contributed by atoms with E-state index in [2.05, 4.69) is 26.1 Å². The van der Waals surface area contributed by atoms with Gasteiger partial charge in [-0.25, -0.2) is 0 Å². The van der Waals surface area contributed by atoms with Gasteiger partial charge >= 0.3 is 0 Å². The fourth-order valence-corrected chi connectivity index (χ4v) is 3.39. The van der Waals surface area contributed by atoms with Gasteiger partial charge in [-0.3, -0.25) is 9.59 Å². The molecule has 0 spiro atoms. The average Bonchev–Trinajstić information content (AvgIpc) is 2.90. The summed E-state index contributed by atoms with van der Waals surface area (Å²) >= 11 is 1.61. The van der Waals surface area contributed by atoms with E-state index in [0.717, 1.165) is 30.8 Å². The highest BCUT2D eigenvalue weighted by atomic mass is 32.1. The quantitative estimate of drug-likeness (QED) is 0.926. The predicted molar refractivity (Wildman–Crippen MR) is 89.8 cm³/mol. The number of thiophene rings is 1. The molecule has 1 saturated heterocycles. The molecule has 5 heteroatoms. The van der Waals surface area contributed by atoms with Crippen LogP contribution in [0.2, 0.25) is 0 Å². The molecule has 1 N–H and O–H groups in total. The molecule has 2 rings (SSSR count). The number of carbonyl (C=O) groups excluding carboxylic acids is 2. The summed E-state index contributed by atoms with van der Waals surface area (Å²) in [5.74, 6) is 0.317. The number of likely N-dealkylation sites (tertiary alicyclic amines) is 1. The van der Waals surface area contributed by atoms with Crippen LogP contribution in [0.4, 0.5) is 0 Å². The van der Waals surface area contributed by atoms with E-state index in [1.54, 1.807) is 11.3 Å². The standard InChI is InChI=1S/C17H26N2O2S/c1-17(2,3)12-16(21)19-8-6-13(7-9-19)18-15(20)11-14-5-4-10-22-14/h4-5,10,13H,6-9,11-12H2,1-3H3,(H,18,20). The first kappa shape index (κ1) is 17.0. The molecule has 1 aliphatic rings. The Hall–Kier alpha value is -1.36. The molecule has 0 atom stereocenters. The van der Waals surface area contributed by atoms with Crippen molar-refractivity contribution in [2.24, 2.45) is 5.41 Å². The zero-order chi connectivity index (χ0) is 16.2. The minimum absolute atomic E-state index is 0.0306. The fourth-order valence-electron chi connectivity index (χ4n) is 2.69. The van der Waals surface area contributed by atoms with Gasteiger partial charge in [0.1, 0.15) is 0 Å². The third kappa shape index (κ3) is 5.44. The Morgan fingerprint density at radius 3 is 2.55 bits per heavy atom. The van der Waals surface area contributed by atoms with Gasteiger partial charge in [0.15, 0.2) is 0 Å². The first-order valence-electron chi connectivity index (χ1n) is 7.93. The lowest BCUT2D eigenvalue weighted by molar-refractivity contribution is -0.134. The van der Waals surface area contributed by atoms with Crippen LogP contribution in [-0.4, -0.2) is 35.8 Å². The summed E-state index contributed by atoms with van der Waals surface area (Å²) in [6.07, 6.45) is 2.75. The minimum Gasteiger partial charge on any atom is -0.353 e. The summed E-state index contributed by atoms with van der Waals surface area (Å²) in [5.41, 5.74) is 0.0306. The van der Waals surface area contributed by atoms with E-state index in [0.29, 0.717) is 12.8 Å². The van der Waals surface area contributed by atoms with E-state index in [1.807, 2.05) is 22.4 Å². The largest absolute Gasteiger partial charge is 0.353 e. The molecule has 1 aliphatic heterocycles. The maximum atomic E-state index is 12.2. The number of carbonyl (C=O) groups is 2. The number of hydrogen-bond donors (Lipinski definition) is 1. The first-order chi connectivity index (χ1) is 10.3. The number of hydrogen-bond acceptors (Lipinski definition) is 3. The van der Waals surface area contributed by atoms with Crippen molar-refractivity contribution in [1.29, 1.82) is 0 Å². The summed E-state index contributed by atoms with van der Waals surface area (Å²) in [4.78, 5) is 27.2. The summed E-state index contributed by atoms with van der Waals surface area (Å²) in [5, 5.41) is 5.08. The lowest BCUT2D eigenvalue weighted by Crippen LogP contribution is -2.47. The average molecular weight is 322 g/mol. The summed E-state index contributed by atoms with van der Waals surface area (Å²) in [6, 6.07) is 4.15. The van der Waals surface area contributed by atoms with Crippen LogP contribution in [0.5, 0.6) is 0 Å². The maximum Gasteiger partial charge on any atom is 0.225 e. The zero-order valence-corrected chi connectivity index (χ0v) is 14.5. The normalized spacial score (nSPS) is 16.6. The van der Waals surface area contributed by atoms with Gasteiger partial charge in [0.25, 0.3) is 0 Å². The van der Waals surface area contributed by atoms with Crippen LogP contribution in [-0.2, 0) is 16.0 Å². The molecule has 4 nitrogen and oxygen atoms in total. The maximum absolute atomic E-state index is 12.2. The van der Waals surface area contributed by atoms with Crippen LogP contribution in [0, 0.1) is 5.41 Å². The molecular weight excluding hydrogens is 296 g/mol. The third-order valence-corrected chi connectivity index (χ3v) is 4.69. The predicted octanol–water partition coefficient (Wildman–Crippen LogP) is 2.83. The first-order valence-corrected chi connectivity index (χ1v) is 8.81. The van der Waals surface area contributed by atoms with Crippen LogP contribution in [0.25, 0.3) is 0 Å². The molecule has 22 heavy (non-hydrogen) atoms. The van der Waals surface area contributed by atoms with Crippen molar-refractivity contribution in [2.75, 3.05) is 13.1 Å². The van der Waals surface area contributed by atoms with Gasteiger partial charge in [-0.2, -0.15) is 0 Å². The molecule has 0 aliphatic carbocycles. The van der Waals surface area contributed by atoms with Crippen LogP contribution in [0.15, 0.2) is 17.5 Å². The molecule has 0 bridgehead atoms. The van der Waals surface area contributed by atoms with Crippen molar-refractivity contribution in [1.82, 2.24) is 10.2 Å². The van der Waals surface area contributed by atoms with Gasteiger partial charge in [0, 0.05) is 30.4 Å². The Morgan fingerprint density at radius 2 is 2.00 bits per heavy atom. The smallest absolute Gasteiger partial charge is 0.225 e. The molecule has 0 unspecified atom stereocenters. The number of nitrogens with one attached hydrogen (secondary N) is 1. The Balaban J connectivity index is 1.73. The van der Waals surface area contributed by atoms with E-state index in [-0.39, 0.29) is 23.3 Å². The molecule has 0 radical (unpaired) electrons.